The van der Waals surface area contributed by atoms with Crippen LogP contribution in [0.3, 0.4) is 0 Å². The van der Waals surface area contributed by atoms with Crippen LogP contribution in [0.2, 0.25) is 0 Å². The molecule has 0 saturated heterocycles. The zero-order valence-corrected chi connectivity index (χ0v) is 11.3. The van der Waals surface area contributed by atoms with E-state index >= 15 is 0 Å². The molecular formula is C11H11N3O5S. The Balaban J connectivity index is 2.25. The Bertz CT molecular complexity index is 907. The number of nitrogens with zero attached hydrogens (tertiary/aromatic N) is 3. The number of pyridine rings is 1. The molecule has 3 rings (SSSR count). The molecule has 0 spiro atoms. The highest BCUT2D eigenvalue weighted by Crippen LogP contribution is 2.23. The highest BCUT2D eigenvalue weighted by atomic mass is 32.2. The third kappa shape index (κ3) is 1.86. The molecule has 3 heterocycles. The molecule has 1 aliphatic rings. The van der Waals surface area contributed by atoms with Crippen molar-refractivity contribution in [2.45, 2.75) is 12.6 Å². The first-order valence-electron chi connectivity index (χ1n) is 5.82. The SMILES string of the molecule is COS(=O)(=O)C[C@@H]1Cn2c(=O)cnc3ccc(=O)n1c32. The van der Waals surface area contributed by atoms with Crippen molar-refractivity contribution in [3.63, 3.8) is 0 Å². The third-order valence-corrected chi connectivity index (χ3v) is 4.62. The van der Waals surface area contributed by atoms with Crippen LogP contribution in [0.5, 0.6) is 0 Å². The van der Waals surface area contributed by atoms with Crippen molar-refractivity contribution in [1.82, 2.24) is 14.1 Å². The second-order valence-electron chi connectivity index (χ2n) is 4.50. The van der Waals surface area contributed by atoms with Crippen LogP contribution in [0.25, 0.3) is 11.2 Å². The molecule has 0 saturated carbocycles. The minimum atomic E-state index is -3.74. The molecule has 0 amide bonds. The lowest BCUT2D eigenvalue weighted by molar-refractivity contribution is 0.386. The van der Waals surface area contributed by atoms with Gasteiger partial charge in [0.05, 0.1) is 25.1 Å². The van der Waals surface area contributed by atoms with E-state index < -0.39 is 16.2 Å². The van der Waals surface area contributed by atoms with E-state index in [4.69, 9.17) is 0 Å². The molecule has 106 valence electrons. The van der Waals surface area contributed by atoms with Crippen LogP contribution in [0, 0.1) is 0 Å². The van der Waals surface area contributed by atoms with Crippen molar-refractivity contribution >= 4 is 21.3 Å². The van der Waals surface area contributed by atoms with Gasteiger partial charge in [-0.2, -0.15) is 8.42 Å². The van der Waals surface area contributed by atoms with Crippen molar-refractivity contribution in [2.24, 2.45) is 0 Å². The van der Waals surface area contributed by atoms with Gasteiger partial charge in [-0.25, -0.2) is 4.98 Å². The normalized spacial score (nSPS) is 17.8. The van der Waals surface area contributed by atoms with Crippen LogP contribution in [0.4, 0.5) is 0 Å². The van der Waals surface area contributed by atoms with Gasteiger partial charge in [0, 0.05) is 12.6 Å². The first kappa shape index (κ1) is 13.0. The summed E-state index contributed by atoms with van der Waals surface area (Å²) in [5.74, 6) is -0.371. The molecular weight excluding hydrogens is 286 g/mol. The van der Waals surface area contributed by atoms with E-state index in [1.54, 1.807) is 0 Å². The lowest BCUT2D eigenvalue weighted by Crippen LogP contribution is -2.27. The maximum absolute atomic E-state index is 12.0. The molecule has 1 aliphatic heterocycles. The topological polar surface area (TPSA) is 100 Å². The van der Waals surface area contributed by atoms with Gasteiger partial charge in [0.25, 0.3) is 21.2 Å². The van der Waals surface area contributed by atoms with Crippen molar-refractivity contribution in [1.29, 1.82) is 0 Å². The molecule has 0 bridgehead atoms. The van der Waals surface area contributed by atoms with Crippen molar-refractivity contribution < 1.29 is 12.6 Å². The van der Waals surface area contributed by atoms with Gasteiger partial charge in [-0.3, -0.25) is 22.9 Å². The molecule has 0 aromatic carbocycles. The predicted molar refractivity (Wildman–Crippen MR) is 70.1 cm³/mol. The average molecular weight is 297 g/mol. The van der Waals surface area contributed by atoms with Crippen LogP contribution in [-0.2, 0) is 20.8 Å². The standard InChI is InChI=1S/C11H11N3O5S/c1-19-20(17,18)6-7-5-13-10(16)4-12-8-2-3-9(15)14(7)11(8)13/h2-4,7H,5-6H2,1H3/t7-/m0/s1. The van der Waals surface area contributed by atoms with E-state index in [0.717, 1.165) is 13.3 Å². The summed E-state index contributed by atoms with van der Waals surface area (Å²) in [4.78, 5) is 27.7. The second-order valence-corrected chi connectivity index (χ2v) is 6.28. The molecule has 0 fully saturated rings. The van der Waals surface area contributed by atoms with Gasteiger partial charge in [0.1, 0.15) is 11.2 Å². The Morgan fingerprint density at radius 3 is 2.80 bits per heavy atom. The average Bonchev–Trinajstić information content (AvgIpc) is 2.78. The molecule has 2 aromatic rings. The smallest absolute Gasteiger partial charge is 0.270 e. The van der Waals surface area contributed by atoms with E-state index in [1.807, 2.05) is 0 Å². The number of rotatable bonds is 3. The molecule has 0 aliphatic carbocycles. The number of hydrogen-bond acceptors (Lipinski definition) is 6. The fourth-order valence-corrected chi connectivity index (χ4v) is 3.32. The molecule has 1 atom stereocenters. The molecule has 20 heavy (non-hydrogen) atoms. The summed E-state index contributed by atoms with van der Waals surface area (Å²) in [5.41, 5.74) is 0.0874. The van der Waals surface area contributed by atoms with Crippen LogP contribution in [0.15, 0.2) is 27.9 Å². The number of hydrogen-bond donors (Lipinski definition) is 0. The highest BCUT2D eigenvalue weighted by molar-refractivity contribution is 7.86. The Morgan fingerprint density at radius 1 is 1.35 bits per heavy atom. The highest BCUT2D eigenvalue weighted by Gasteiger charge is 2.30. The van der Waals surface area contributed by atoms with E-state index in [0.29, 0.717) is 11.2 Å². The Kier molecular flexibility index (Phi) is 2.76. The van der Waals surface area contributed by atoms with Crippen LogP contribution in [0.1, 0.15) is 6.04 Å². The van der Waals surface area contributed by atoms with Gasteiger partial charge in [0.15, 0.2) is 0 Å². The summed E-state index contributed by atoms with van der Waals surface area (Å²) in [6.45, 7) is 0.111. The minimum absolute atomic E-state index is 0.111. The fourth-order valence-electron chi connectivity index (χ4n) is 2.45. The van der Waals surface area contributed by atoms with Crippen molar-refractivity contribution in [3.8, 4) is 0 Å². The molecule has 9 heteroatoms. The van der Waals surface area contributed by atoms with Crippen LogP contribution < -0.4 is 11.1 Å². The molecule has 2 aromatic heterocycles. The summed E-state index contributed by atoms with van der Waals surface area (Å²) >= 11 is 0. The molecule has 0 radical (unpaired) electrons. The van der Waals surface area contributed by atoms with Gasteiger partial charge < -0.3 is 0 Å². The molecule has 8 nitrogen and oxygen atoms in total. The largest absolute Gasteiger partial charge is 0.289 e. The number of aromatic nitrogens is 3. The van der Waals surface area contributed by atoms with Gasteiger partial charge in [-0.1, -0.05) is 0 Å². The Hall–Kier alpha value is -2.00. The first-order chi connectivity index (χ1) is 9.43. The zero-order valence-electron chi connectivity index (χ0n) is 10.5. The van der Waals surface area contributed by atoms with E-state index in [1.165, 1.54) is 21.3 Å². The predicted octanol–water partition coefficient (Wildman–Crippen LogP) is -0.911. The molecule has 0 N–H and O–H groups in total. The van der Waals surface area contributed by atoms with E-state index in [2.05, 4.69) is 9.17 Å². The maximum atomic E-state index is 12.0. The van der Waals surface area contributed by atoms with E-state index in [9.17, 15) is 18.0 Å². The Labute approximate surface area is 113 Å². The fraction of sp³-hybridized carbons (Fsp3) is 0.364. The van der Waals surface area contributed by atoms with Crippen molar-refractivity contribution in [2.75, 3.05) is 12.9 Å². The minimum Gasteiger partial charge on any atom is -0.289 e. The molecule has 0 unspecified atom stereocenters. The van der Waals surface area contributed by atoms with Gasteiger partial charge in [-0.05, 0) is 6.07 Å². The van der Waals surface area contributed by atoms with Gasteiger partial charge in [0.2, 0.25) is 0 Å². The van der Waals surface area contributed by atoms with Crippen LogP contribution >= 0.6 is 0 Å². The first-order valence-corrected chi connectivity index (χ1v) is 7.40. The quantitative estimate of drug-likeness (QED) is 0.680. The summed E-state index contributed by atoms with van der Waals surface area (Å²) in [6, 6.07) is 2.15. The van der Waals surface area contributed by atoms with Crippen molar-refractivity contribution in [3.05, 3.63) is 39.0 Å². The zero-order chi connectivity index (χ0) is 14.5. The summed E-state index contributed by atoms with van der Waals surface area (Å²) in [5, 5.41) is 0. The van der Waals surface area contributed by atoms with Crippen LogP contribution in [-0.4, -0.2) is 35.4 Å². The Morgan fingerprint density at radius 2 is 2.10 bits per heavy atom. The van der Waals surface area contributed by atoms with E-state index in [-0.39, 0.29) is 23.4 Å². The third-order valence-electron chi connectivity index (χ3n) is 3.32. The van der Waals surface area contributed by atoms with Gasteiger partial charge in [-0.15, -0.1) is 0 Å². The lowest BCUT2D eigenvalue weighted by Gasteiger charge is -2.11. The summed E-state index contributed by atoms with van der Waals surface area (Å²) in [6.07, 6.45) is 1.16. The monoisotopic (exact) mass is 297 g/mol. The lowest BCUT2D eigenvalue weighted by atomic mass is 10.3. The van der Waals surface area contributed by atoms with Gasteiger partial charge >= 0.3 is 0 Å². The summed E-state index contributed by atoms with van der Waals surface area (Å²) in [7, 11) is -2.68. The second kappa shape index (κ2) is 4.25. The summed E-state index contributed by atoms with van der Waals surface area (Å²) < 4.78 is 30.2. The maximum Gasteiger partial charge on any atom is 0.270 e.